The molecule has 6 nitrogen and oxygen atoms in total. The average molecular weight is 497 g/mol. The van der Waals surface area contributed by atoms with Gasteiger partial charge in [0.05, 0.1) is 11.3 Å². The molecule has 1 aromatic heterocycles. The van der Waals surface area contributed by atoms with E-state index in [4.69, 9.17) is 4.42 Å². The van der Waals surface area contributed by atoms with Crippen LogP contribution in [0.5, 0.6) is 0 Å². The van der Waals surface area contributed by atoms with Gasteiger partial charge in [-0.3, -0.25) is 4.99 Å². The van der Waals surface area contributed by atoms with Crippen LogP contribution in [0.3, 0.4) is 0 Å². The van der Waals surface area contributed by atoms with Crippen molar-refractivity contribution in [3.8, 4) is 0 Å². The molecule has 1 N–H and O–H groups in total. The van der Waals surface area contributed by atoms with E-state index in [1.54, 1.807) is 6.07 Å². The fourth-order valence-electron chi connectivity index (χ4n) is 4.51. The van der Waals surface area contributed by atoms with Crippen LogP contribution in [-0.4, -0.2) is 36.4 Å². The van der Waals surface area contributed by atoms with E-state index in [0.29, 0.717) is 10.9 Å². The first-order chi connectivity index (χ1) is 17.9. The number of benzene rings is 2. The van der Waals surface area contributed by atoms with Crippen molar-refractivity contribution in [2.45, 2.75) is 33.6 Å². The minimum atomic E-state index is -1.08. The van der Waals surface area contributed by atoms with Gasteiger partial charge in [-0.05, 0) is 79.5 Å². The normalized spacial score (nSPS) is 12.7. The number of unbranched alkanes of at least 4 members (excludes halogenated alkanes) is 1. The van der Waals surface area contributed by atoms with Crippen molar-refractivity contribution >= 4 is 33.9 Å². The molecule has 0 saturated carbocycles. The summed E-state index contributed by atoms with van der Waals surface area (Å²) in [6, 6.07) is 14.4. The summed E-state index contributed by atoms with van der Waals surface area (Å²) >= 11 is 0. The zero-order chi connectivity index (χ0) is 26.4. The van der Waals surface area contributed by atoms with E-state index in [0.717, 1.165) is 60.6 Å². The SMILES string of the molecule is CCCCN=C1C=CC(=C(c2ccc(N(CC)CC)cc2)c2cc(=O)oc3cc(C(=O)O)ccc23)C=C1. The minimum absolute atomic E-state index is 0.0657. The van der Waals surface area contributed by atoms with E-state index in [2.05, 4.69) is 54.9 Å². The molecule has 0 atom stereocenters. The standard InChI is InChI=1S/C31H32N2O4/c1-4-7-18-32-24-13-8-21(9-14-24)30(22-10-15-25(16-11-22)33(5-2)6-3)27-20-29(34)37-28-19-23(31(35)36)12-17-26(27)28/h8-17,19-20H,4-7,18H2,1-3H3,(H,35,36). The van der Waals surface area contributed by atoms with Gasteiger partial charge in [-0.25, -0.2) is 9.59 Å². The van der Waals surface area contributed by atoms with Crippen LogP contribution in [0.25, 0.3) is 16.5 Å². The summed E-state index contributed by atoms with van der Waals surface area (Å²) in [6.07, 6.45) is 10.2. The lowest BCUT2D eigenvalue weighted by atomic mass is 9.89. The number of carboxylic acids is 1. The van der Waals surface area contributed by atoms with Gasteiger partial charge in [-0.1, -0.05) is 37.6 Å². The van der Waals surface area contributed by atoms with Crippen molar-refractivity contribution in [1.29, 1.82) is 0 Å². The second kappa shape index (κ2) is 11.7. The molecule has 0 saturated heterocycles. The molecule has 4 rings (SSSR count). The van der Waals surface area contributed by atoms with Crippen LogP contribution in [0, 0.1) is 0 Å². The number of hydrogen-bond acceptors (Lipinski definition) is 5. The van der Waals surface area contributed by atoms with E-state index >= 15 is 0 Å². The largest absolute Gasteiger partial charge is 0.478 e. The Bertz CT molecular complexity index is 1450. The zero-order valence-electron chi connectivity index (χ0n) is 21.5. The highest BCUT2D eigenvalue weighted by molar-refractivity contribution is 6.08. The third kappa shape index (κ3) is 5.80. The number of anilines is 1. The number of aromatic carboxylic acids is 1. The maximum absolute atomic E-state index is 12.6. The molecular weight excluding hydrogens is 464 g/mol. The average Bonchev–Trinajstić information content (AvgIpc) is 2.91. The van der Waals surface area contributed by atoms with Gasteiger partial charge in [-0.2, -0.15) is 0 Å². The Kier molecular flexibility index (Phi) is 8.18. The Morgan fingerprint density at radius 1 is 0.919 bits per heavy atom. The summed E-state index contributed by atoms with van der Waals surface area (Å²) < 4.78 is 5.41. The van der Waals surface area contributed by atoms with Crippen molar-refractivity contribution in [2.75, 3.05) is 24.5 Å². The molecule has 0 spiro atoms. The molecular formula is C31H32N2O4. The Labute approximate surface area is 217 Å². The Morgan fingerprint density at radius 3 is 2.22 bits per heavy atom. The second-order valence-electron chi connectivity index (χ2n) is 8.87. The predicted molar refractivity (Wildman–Crippen MR) is 151 cm³/mol. The van der Waals surface area contributed by atoms with Gasteiger partial charge in [0.2, 0.25) is 0 Å². The first-order valence-corrected chi connectivity index (χ1v) is 12.8. The van der Waals surface area contributed by atoms with Gasteiger partial charge in [0.25, 0.3) is 0 Å². The monoisotopic (exact) mass is 496 g/mol. The summed E-state index contributed by atoms with van der Waals surface area (Å²) in [5.74, 6) is -1.08. The molecule has 0 bridgehead atoms. The Morgan fingerprint density at radius 2 is 1.59 bits per heavy atom. The molecule has 190 valence electrons. The quantitative estimate of drug-likeness (QED) is 0.270. The van der Waals surface area contributed by atoms with Gasteiger partial charge in [0.1, 0.15) is 5.58 Å². The van der Waals surface area contributed by atoms with E-state index < -0.39 is 11.6 Å². The molecule has 0 unspecified atom stereocenters. The fraction of sp³-hybridized carbons (Fsp3) is 0.258. The van der Waals surface area contributed by atoms with E-state index in [1.165, 1.54) is 18.2 Å². The van der Waals surface area contributed by atoms with E-state index in [9.17, 15) is 14.7 Å². The van der Waals surface area contributed by atoms with Crippen LogP contribution < -0.4 is 10.5 Å². The molecule has 0 amide bonds. The lowest BCUT2D eigenvalue weighted by Gasteiger charge is -2.22. The third-order valence-corrected chi connectivity index (χ3v) is 6.51. The molecule has 0 fully saturated rings. The van der Waals surface area contributed by atoms with Gasteiger partial charge in [0.15, 0.2) is 0 Å². The topological polar surface area (TPSA) is 83.1 Å². The van der Waals surface area contributed by atoms with Crippen molar-refractivity contribution < 1.29 is 14.3 Å². The molecule has 1 heterocycles. The van der Waals surface area contributed by atoms with Crippen molar-refractivity contribution in [3.05, 3.63) is 106 Å². The molecule has 2 aromatic carbocycles. The van der Waals surface area contributed by atoms with Crippen LogP contribution in [0.2, 0.25) is 0 Å². The van der Waals surface area contributed by atoms with Crippen molar-refractivity contribution in [3.63, 3.8) is 0 Å². The third-order valence-electron chi connectivity index (χ3n) is 6.51. The van der Waals surface area contributed by atoms with Crippen LogP contribution >= 0.6 is 0 Å². The number of rotatable bonds is 9. The Balaban J connectivity index is 1.90. The van der Waals surface area contributed by atoms with Crippen LogP contribution in [0.1, 0.15) is 55.1 Å². The summed E-state index contributed by atoms with van der Waals surface area (Å²) in [5.41, 5.74) is 5.25. The highest BCUT2D eigenvalue weighted by Gasteiger charge is 2.18. The first kappa shape index (κ1) is 25.9. The minimum Gasteiger partial charge on any atom is -0.478 e. The van der Waals surface area contributed by atoms with Gasteiger partial charge >= 0.3 is 11.6 Å². The summed E-state index contributed by atoms with van der Waals surface area (Å²) in [6.45, 7) is 9.00. The van der Waals surface area contributed by atoms with Crippen LogP contribution in [0.4, 0.5) is 5.69 Å². The maximum Gasteiger partial charge on any atom is 0.336 e. The molecule has 3 aromatic rings. The number of carbonyl (C=O) groups is 1. The summed E-state index contributed by atoms with van der Waals surface area (Å²) in [5, 5.41) is 10.1. The second-order valence-corrected chi connectivity index (χ2v) is 8.87. The summed E-state index contributed by atoms with van der Waals surface area (Å²) in [4.78, 5) is 31.1. The lowest BCUT2D eigenvalue weighted by molar-refractivity contribution is 0.0697. The molecule has 37 heavy (non-hydrogen) atoms. The molecule has 0 aliphatic heterocycles. The smallest absolute Gasteiger partial charge is 0.336 e. The Hall–Kier alpha value is -4.19. The van der Waals surface area contributed by atoms with Crippen LogP contribution in [-0.2, 0) is 0 Å². The van der Waals surface area contributed by atoms with Crippen molar-refractivity contribution in [1.82, 2.24) is 0 Å². The fourth-order valence-corrected chi connectivity index (χ4v) is 4.51. The summed E-state index contributed by atoms with van der Waals surface area (Å²) in [7, 11) is 0. The number of fused-ring (bicyclic) bond motifs is 1. The predicted octanol–water partition coefficient (Wildman–Crippen LogP) is 6.51. The molecule has 6 heteroatoms. The van der Waals surface area contributed by atoms with Gasteiger partial charge < -0.3 is 14.4 Å². The number of aliphatic imine (C=N–C) groups is 1. The van der Waals surface area contributed by atoms with Gasteiger partial charge in [-0.15, -0.1) is 0 Å². The molecule has 1 aliphatic carbocycles. The van der Waals surface area contributed by atoms with Crippen LogP contribution in [0.15, 0.2) is 92.6 Å². The number of nitrogens with zero attached hydrogens (tertiary/aromatic N) is 2. The van der Waals surface area contributed by atoms with Crippen molar-refractivity contribution in [2.24, 2.45) is 4.99 Å². The molecule has 0 radical (unpaired) electrons. The molecule has 1 aliphatic rings. The van der Waals surface area contributed by atoms with Gasteiger partial charge in [0, 0.05) is 42.3 Å². The highest BCUT2D eigenvalue weighted by atomic mass is 16.4. The lowest BCUT2D eigenvalue weighted by Crippen LogP contribution is -2.21. The maximum atomic E-state index is 12.6. The van der Waals surface area contributed by atoms with E-state index in [1.807, 2.05) is 24.3 Å². The van der Waals surface area contributed by atoms with E-state index in [-0.39, 0.29) is 11.1 Å². The number of hydrogen-bond donors (Lipinski definition) is 1. The highest BCUT2D eigenvalue weighted by Crippen LogP contribution is 2.34. The number of carboxylic acid groups (broad SMARTS) is 1. The number of allylic oxidation sites excluding steroid dienone is 5. The zero-order valence-corrected chi connectivity index (χ0v) is 21.5. The first-order valence-electron chi connectivity index (χ1n) is 12.8.